The topological polar surface area (TPSA) is 43.8 Å². The molecule has 4 nitrogen and oxygen atoms in total. The summed E-state index contributed by atoms with van der Waals surface area (Å²) in [6.07, 6.45) is 1.17. The van der Waals surface area contributed by atoms with Crippen LogP contribution in [0, 0.1) is 5.82 Å². The number of hydrogen-bond donors (Lipinski definition) is 1. The summed E-state index contributed by atoms with van der Waals surface area (Å²) in [5.74, 6) is -1.87. The van der Waals surface area contributed by atoms with Gasteiger partial charge in [-0.2, -0.15) is 0 Å². The van der Waals surface area contributed by atoms with E-state index < -0.39 is 11.8 Å². The lowest BCUT2D eigenvalue weighted by molar-refractivity contribution is 0.0692. The van der Waals surface area contributed by atoms with Gasteiger partial charge in [0.1, 0.15) is 5.82 Å². The smallest absolute Gasteiger partial charge is 0.338 e. The fourth-order valence-corrected chi connectivity index (χ4v) is 2.58. The van der Waals surface area contributed by atoms with Gasteiger partial charge in [-0.1, -0.05) is 13.0 Å². The molecule has 1 N–H and O–H groups in total. The van der Waals surface area contributed by atoms with Crippen molar-refractivity contribution < 1.29 is 14.3 Å². The number of carboxylic acid groups (broad SMARTS) is 1. The molecule has 0 unspecified atom stereocenters. The average molecular weight is 280 g/mol. The molecule has 0 saturated carbocycles. The minimum absolute atomic E-state index is 0.262. The summed E-state index contributed by atoms with van der Waals surface area (Å²) in [7, 11) is 0. The molecular weight excluding hydrogens is 259 g/mol. The lowest BCUT2D eigenvalue weighted by atomic mass is 10.1. The third kappa shape index (κ3) is 3.77. The molecule has 1 aromatic carbocycles. The first-order valence-corrected chi connectivity index (χ1v) is 7.06. The third-order valence-electron chi connectivity index (χ3n) is 3.67. The summed E-state index contributed by atoms with van der Waals surface area (Å²) in [6, 6.07) is 4.38. The predicted molar refractivity (Wildman–Crippen MR) is 75.4 cm³/mol. The van der Waals surface area contributed by atoms with Crippen LogP contribution < -0.4 is 0 Å². The van der Waals surface area contributed by atoms with Gasteiger partial charge in [-0.3, -0.25) is 4.90 Å². The molecule has 0 aromatic heterocycles. The quantitative estimate of drug-likeness (QED) is 0.896. The first-order chi connectivity index (χ1) is 9.60. The summed E-state index contributed by atoms with van der Waals surface area (Å²) < 4.78 is 13.6. The van der Waals surface area contributed by atoms with E-state index in [1.54, 1.807) is 6.07 Å². The van der Waals surface area contributed by atoms with Crippen LogP contribution in [0.2, 0.25) is 0 Å². The van der Waals surface area contributed by atoms with Crippen molar-refractivity contribution in [3.63, 3.8) is 0 Å². The van der Waals surface area contributed by atoms with Crippen LogP contribution in [0.4, 0.5) is 4.39 Å². The van der Waals surface area contributed by atoms with Crippen LogP contribution in [0.15, 0.2) is 18.2 Å². The molecule has 20 heavy (non-hydrogen) atoms. The zero-order valence-corrected chi connectivity index (χ0v) is 11.8. The number of aromatic carboxylic acids is 1. The minimum atomic E-state index is -1.22. The van der Waals surface area contributed by atoms with E-state index in [0.29, 0.717) is 6.54 Å². The summed E-state index contributed by atoms with van der Waals surface area (Å²) in [5.41, 5.74) is 0.568. The van der Waals surface area contributed by atoms with Crippen LogP contribution >= 0.6 is 0 Å². The van der Waals surface area contributed by atoms with Crippen LogP contribution in [0.25, 0.3) is 0 Å². The Hall–Kier alpha value is -1.46. The molecule has 5 heteroatoms. The van der Waals surface area contributed by atoms with E-state index in [9.17, 15) is 9.18 Å². The zero-order chi connectivity index (χ0) is 14.5. The molecule has 2 rings (SSSR count). The van der Waals surface area contributed by atoms with Crippen molar-refractivity contribution in [1.82, 2.24) is 9.80 Å². The first kappa shape index (κ1) is 14.9. The maximum atomic E-state index is 13.6. The van der Waals surface area contributed by atoms with E-state index in [-0.39, 0.29) is 5.56 Å². The number of benzene rings is 1. The fraction of sp³-hybridized carbons (Fsp3) is 0.533. The van der Waals surface area contributed by atoms with Crippen molar-refractivity contribution in [2.24, 2.45) is 0 Å². The second-order valence-electron chi connectivity index (χ2n) is 5.24. The Bertz CT molecular complexity index is 471. The Labute approximate surface area is 118 Å². The second-order valence-corrected chi connectivity index (χ2v) is 5.24. The molecular formula is C15H21FN2O2. The molecule has 1 saturated heterocycles. The lowest BCUT2D eigenvalue weighted by Crippen LogP contribution is -2.45. The molecule has 1 aliphatic heterocycles. The summed E-state index contributed by atoms with van der Waals surface area (Å²) in [4.78, 5) is 15.5. The van der Waals surface area contributed by atoms with Crippen molar-refractivity contribution in [3.8, 4) is 0 Å². The second kappa shape index (κ2) is 6.81. The molecule has 0 bridgehead atoms. The molecule has 0 amide bonds. The number of rotatable bonds is 5. The van der Waals surface area contributed by atoms with Gasteiger partial charge >= 0.3 is 5.97 Å². The Morgan fingerprint density at radius 1 is 1.25 bits per heavy atom. The number of hydrogen-bond acceptors (Lipinski definition) is 3. The molecule has 0 atom stereocenters. The molecule has 0 spiro atoms. The third-order valence-corrected chi connectivity index (χ3v) is 3.67. The van der Waals surface area contributed by atoms with Crippen molar-refractivity contribution in [2.75, 3.05) is 32.7 Å². The number of nitrogens with zero attached hydrogens (tertiary/aromatic N) is 2. The van der Waals surface area contributed by atoms with Gasteiger partial charge in [0.15, 0.2) is 0 Å². The van der Waals surface area contributed by atoms with Gasteiger partial charge in [-0.25, -0.2) is 9.18 Å². The van der Waals surface area contributed by atoms with Gasteiger partial charge in [0.05, 0.1) is 5.56 Å². The molecule has 1 heterocycles. The predicted octanol–water partition coefficient (Wildman–Crippen LogP) is 2.05. The summed E-state index contributed by atoms with van der Waals surface area (Å²) in [5, 5.41) is 8.80. The van der Waals surface area contributed by atoms with Crippen molar-refractivity contribution in [3.05, 3.63) is 35.1 Å². The first-order valence-electron chi connectivity index (χ1n) is 7.06. The molecule has 110 valence electrons. The van der Waals surface area contributed by atoms with Gasteiger partial charge in [-0.05, 0) is 30.7 Å². The highest BCUT2D eigenvalue weighted by molar-refractivity contribution is 5.87. The molecule has 1 aromatic rings. The monoisotopic (exact) mass is 280 g/mol. The standard InChI is InChI=1S/C15H21FN2O2/c1-2-5-17-6-8-18(9-7-17)11-12-3-4-13(15(19)20)14(16)10-12/h3-4,10H,2,5-9,11H2,1H3,(H,19,20). The van der Waals surface area contributed by atoms with Gasteiger partial charge < -0.3 is 10.0 Å². The molecule has 0 aliphatic carbocycles. The molecule has 0 radical (unpaired) electrons. The van der Waals surface area contributed by atoms with Gasteiger partial charge in [0.25, 0.3) is 0 Å². The van der Waals surface area contributed by atoms with E-state index in [4.69, 9.17) is 5.11 Å². The van der Waals surface area contributed by atoms with Crippen molar-refractivity contribution >= 4 is 5.97 Å². The Morgan fingerprint density at radius 3 is 2.45 bits per heavy atom. The number of piperazine rings is 1. The number of carboxylic acids is 1. The van der Waals surface area contributed by atoms with Crippen LogP contribution in [-0.4, -0.2) is 53.6 Å². The normalized spacial score (nSPS) is 17.3. The van der Waals surface area contributed by atoms with Crippen molar-refractivity contribution in [2.45, 2.75) is 19.9 Å². The lowest BCUT2D eigenvalue weighted by Gasteiger charge is -2.34. The maximum Gasteiger partial charge on any atom is 0.338 e. The zero-order valence-electron chi connectivity index (χ0n) is 11.8. The van der Waals surface area contributed by atoms with E-state index in [0.717, 1.165) is 38.3 Å². The SMILES string of the molecule is CCCN1CCN(Cc2ccc(C(=O)O)c(F)c2)CC1. The highest BCUT2D eigenvalue weighted by Gasteiger charge is 2.17. The van der Waals surface area contributed by atoms with Gasteiger partial charge in [0, 0.05) is 32.7 Å². The van der Waals surface area contributed by atoms with Crippen LogP contribution in [0.3, 0.4) is 0 Å². The van der Waals surface area contributed by atoms with Gasteiger partial charge in [0.2, 0.25) is 0 Å². The molecule has 1 aliphatic rings. The van der Waals surface area contributed by atoms with Crippen LogP contribution in [0.1, 0.15) is 29.3 Å². The average Bonchev–Trinajstić information content (AvgIpc) is 2.41. The van der Waals surface area contributed by atoms with Crippen LogP contribution in [0.5, 0.6) is 0 Å². The highest BCUT2D eigenvalue weighted by atomic mass is 19.1. The minimum Gasteiger partial charge on any atom is -0.478 e. The molecule has 1 fully saturated rings. The van der Waals surface area contributed by atoms with E-state index in [2.05, 4.69) is 16.7 Å². The number of carbonyl (C=O) groups is 1. The van der Waals surface area contributed by atoms with E-state index in [1.807, 2.05) is 0 Å². The van der Waals surface area contributed by atoms with Crippen molar-refractivity contribution in [1.29, 1.82) is 0 Å². The fourth-order valence-electron chi connectivity index (χ4n) is 2.58. The Morgan fingerprint density at radius 2 is 1.90 bits per heavy atom. The van der Waals surface area contributed by atoms with Gasteiger partial charge in [-0.15, -0.1) is 0 Å². The summed E-state index contributed by atoms with van der Waals surface area (Å²) >= 11 is 0. The Kier molecular flexibility index (Phi) is 5.09. The maximum absolute atomic E-state index is 13.6. The van der Waals surface area contributed by atoms with Crippen LogP contribution in [-0.2, 0) is 6.54 Å². The Balaban J connectivity index is 1.91. The van der Waals surface area contributed by atoms with E-state index in [1.165, 1.54) is 18.6 Å². The summed E-state index contributed by atoms with van der Waals surface area (Å²) in [6.45, 7) is 8.03. The van der Waals surface area contributed by atoms with E-state index >= 15 is 0 Å². The highest BCUT2D eigenvalue weighted by Crippen LogP contribution is 2.14. The number of halogens is 1. The largest absolute Gasteiger partial charge is 0.478 e.